The third kappa shape index (κ3) is 4.18. The van der Waals surface area contributed by atoms with Crippen LogP contribution in [0.25, 0.3) is 5.69 Å². The lowest BCUT2D eigenvalue weighted by Gasteiger charge is -2.07. The third-order valence-corrected chi connectivity index (χ3v) is 6.68. The second-order valence-electron chi connectivity index (χ2n) is 5.80. The van der Waals surface area contributed by atoms with E-state index in [4.69, 9.17) is 46.4 Å². The Hall–Kier alpha value is -1.64. The first-order chi connectivity index (χ1) is 13.1. The molecule has 0 radical (unpaired) electrons. The largest absolute Gasteiger partial charge is 0.307 e. The van der Waals surface area contributed by atoms with Gasteiger partial charge in [-0.1, -0.05) is 51.6 Å². The van der Waals surface area contributed by atoms with Gasteiger partial charge in [-0.05, 0) is 43.3 Å². The molecule has 0 aliphatic heterocycles. The van der Waals surface area contributed by atoms with Crippen molar-refractivity contribution in [1.82, 2.24) is 15.0 Å². The summed E-state index contributed by atoms with van der Waals surface area (Å²) < 4.78 is 18.2. The minimum atomic E-state index is -3.16. The topological polar surface area (TPSA) is 77.2 Å². The van der Waals surface area contributed by atoms with E-state index in [1.807, 2.05) is 0 Å². The number of carbonyl (C=O) groups is 1. The Kier molecular flexibility index (Phi) is 6.03. The molecule has 28 heavy (non-hydrogen) atoms. The molecule has 3 rings (SSSR count). The van der Waals surface area contributed by atoms with Gasteiger partial charge in [-0.3, -0.25) is 4.79 Å². The van der Waals surface area contributed by atoms with E-state index >= 15 is 0 Å². The highest BCUT2D eigenvalue weighted by atomic mass is 35.5. The fraction of sp³-hybridized carbons (Fsp3) is 0.118. The van der Waals surface area contributed by atoms with Crippen LogP contribution in [0.2, 0.25) is 20.1 Å². The van der Waals surface area contributed by atoms with Gasteiger partial charge >= 0.3 is 5.91 Å². The van der Waals surface area contributed by atoms with Crippen molar-refractivity contribution in [3.8, 4) is 5.69 Å². The van der Waals surface area contributed by atoms with Gasteiger partial charge in [0.25, 0.3) is 0 Å². The van der Waals surface area contributed by atoms with E-state index in [1.54, 1.807) is 31.2 Å². The predicted octanol–water partition coefficient (Wildman–Crippen LogP) is 5.49. The molecule has 1 amide bonds. The van der Waals surface area contributed by atoms with Gasteiger partial charge in [0.05, 0.1) is 36.1 Å². The molecule has 6 nitrogen and oxygen atoms in total. The summed E-state index contributed by atoms with van der Waals surface area (Å²) in [6.45, 7) is 1.62. The molecule has 1 unspecified atom stereocenters. The van der Waals surface area contributed by atoms with Crippen LogP contribution in [0.1, 0.15) is 16.2 Å². The maximum atomic E-state index is 13.0. The minimum Gasteiger partial charge on any atom is -0.264 e. The van der Waals surface area contributed by atoms with E-state index in [1.165, 1.54) is 23.1 Å². The van der Waals surface area contributed by atoms with Crippen molar-refractivity contribution >= 4 is 62.0 Å². The zero-order valence-corrected chi connectivity index (χ0v) is 18.3. The van der Waals surface area contributed by atoms with Crippen molar-refractivity contribution in [2.75, 3.05) is 6.26 Å². The summed E-state index contributed by atoms with van der Waals surface area (Å²) in [4.78, 5) is 12.8. The van der Waals surface area contributed by atoms with E-state index in [0.717, 1.165) is 0 Å². The van der Waals surface area contributed by atoms with Crippen molar-refractivity contribution < 1.29 is 9.00 Å². The Bertz CT molecular complexity index is 1220. The van der Waals surface area contributed by atoms with Crippen LogP contribution in [-0.2, 0) is 9.73 Å². The van der Waals surface area contributed by atoms with Crippen molar-refractivity contribution in [3.05, 3.63) is 67.9 Å². The molecule has 0 bridgehead atoms. The van der Waals surface area contributed by atoms with Crippen LogP contribution < -0.4 is 0 Å². The van der Waals surface area contributed by atoms with Crippen LogP contribution in [0.4, 0.5) is 0 Å². The number of hydrogen-bond acceptors (Lipinski definition) is 4. The maximum Gasteiger partial charge on any atom is 0.307 e. The second-order valence-corrected chi connectivity index (χ2v) is 9.72. The van der Waals surface area contributed by atoms with Crippen LogP contribution in [0.5, 0.6) is 0 Å². The molecule has 0 N–H and O–H groups in total. The number of aromatic nitrogens is 3. The summed E-state index contributed by atoms with van der Waals surface area (Å²) >= 11 is 24.1. The van der Waals surface area contributed by atoms with Crippen LogP contribution in [-0.4, -0.2) is 31.4 Å². The average Bonchev–Trinajstić information content (AvgIpc) is 2.98. The van der Waals surface area contributed by atoms with E-state index in [9.17, 15) is 9.00 Å². The first-order valence-corrected chi connectivity index (χ1v) is 11.1. The molecule has 1 atom stereocenters. The Morgan fingerprint density at radius 1 is 1.04 bits per heavy atom. The summed E-state index contributed by atoms with van der Waals surface area (Å²) in [6.07, 6.45) is 1.30. The SMILES string of the molecule is Cc1c(C(=O)N=S(C)(=O)c2cc(Cl)ccc2Cl)nnn1-c1ccc(Cl)cc1Cl. The van der Waals surface area contributed by atoms with E-state index in [-0.39, 0.29) is 15.6 Å². The Morgan fingerprint density at radius 2 is 1.68 bits per heavy atom. The first-order valence-electron chi connectivity index (χ1n) is 7.69. The lowest BCUT2D eigenvalue weighted by molar-refractivity contribution is 0.0999. The average molecular weight is 478 g/mol. The lowest BCUT2D eigenvalue weighted by atomic mass is 10.3. The quantitative estimate of drug-likeness (QED) is 0.499. The molecule has 146 valence electrons. The molecular weight excluding hydrogens is 466 g/mol. The van der Waals surface area contributed by atoms with Gasteiger partial charge in [0.2, 0.25) is 0 Å². The maximum absolute atomic E-state index is 13.0. The molecule has 0 fully saturated rings. The zero-order valence-electron chi connectivity index (χ0n) is 14.5. The van der Waals surface area contributed by atoms with Gasteiger partial charge in [-0.25, -0.2) is 8.89 Å². The van der Waals surface area contributed by atoms with E-state index in [2.05, 4.69) is 14.7 Å². The Morgan fingerprint density at radius 3 is 2.36 bits per heavy atom. The molecule has 0 aliphatic carbocycles. The predicted molar refractivity (Wildman–Crippen MR) is 112 cm³/mol. The highest BCUT2D eigenvalue weighted by molar-refractivity contribution is 7.93. The molecule has 0 saturated heterocycles. The van der Waals surface area contributed by atoms with E-state index in [0.29, 0.717) is 26.4 Å². The van der Waals surface area contributed by atoms with Crippen LogP contribution in [0, 0.1) is 6.92 Å². The number of nitrogens with zero attached hydrogens (tertiary/aromatic N) is 4. The van der Waals surface area contributed by atoms with Gasteiger partial charge in [-0.15, -0.1) is 5.10 Å². The van der Waals surface area contributed by atoms with Gasteiger partial charge in [0.15, 0.2) is 5.69 Å². The van der Waals surface area contributed by atoms with Gasteiger partial charge in [0.1, 0.15) is 0 Å². The lowest BCUT2D eigenvalue weighted by Crippen LogP contribution is -2.07. The van der Waals surface area contributed by atoms with Crippen LogP contribution >= 0.6 is 46.4 Å². The molecular formula is C17H12Cl4N4O2S. The second kappa shape index (κ2) is 8.00. The van der Waals surface area contributed by atoms with Crippen LogP contribution in [0.3, 0.4) is 0 Å². The first kappa shape index (κ1) is 21.1. The molecule has 2 aromatic carbocycles. The highest BCUT2D eigenvalue weighted by Gasteiger charge is 2.21. The van der Waals surface area contributed by atoms with Crippen molar-refractivity contribution in [1.29, 1.82) is 0 Å². The summed E-state index contributed by atoms with van der Waals surface area (Å²) in [7, 11) is -3.16. The smallest absolute Gasteiger partial charge is 0.264 e. The van der Waals surface area contributed by atoms with Crippen molar-refractivity contribution in [3.63, 3.8) is 0 Å². The zero-order chi connectivity index (χ0) is 20.6. The summed E-state index contributed by atoms with van der Waals surface area (Å²) in [6, 6.07) is 9.29. The van der Waals surface area contributed by atoms with Crippen molar-refractivity contribution in [2.24, 2.45) is 4.36 Å². The van der Waals surface area contributed by atoms with Gasteiger partial charge in [0, 0.05) is 16.3 Å². The van der Waals surface area contributed by atoms with E-state index < -0.39 is 15.6 Å². The number of hydrogen-bond donors (Lipinski definition) is 0. The Labute approximate surface area is 181 Å². The molecule has 11 heteroatoms. The Balaban J connectivity index is 2.04. The van der Waals surface area contributed by atoms with Gasteiger partial charge < -0.3 is 0 Å². The number of rotatable bonds is 3. The van der Waals surface area contributed by atoms with Gasteiger partial charge in [-0.2, -0.15) is 4.36 Å². The molecule has 0 spiro atoms. The molecule has 1 heterocycles. The third-order valence-electron chi connectivity index (χ3n) is 3.79. The highest BCUT2D eigenvalue weighted by Crippen LogP contribution is 2.28. The number of benzene rings is 2. The standard InChI is InChI=1S/C17H12Cl4N4O2S/c1-9-16(22-24-25(9)14-6-4-10(18)7-13(14)21)17(26)23-28(2,27)15-8-11(19)3-5-12(15)20/h3-8H,1-2H3. The monoisotopic (exact) mass is 476 g/mol. The normalized spacial score (nSPS) is 13.2. The van der Waals surface area contributed by atoms with Crippen LogP contribution in [0.15, 0.2) is 45.7 Å². The molecule has 3 aromatic rings. The fourth-order valence-electron chi connectivity index (χ4n) is 2.43. The summed E-state index contributed by atoms with van der Waals surface area (Å²) in [5.41, 5.74) is 0.814. The van der Waals surface area contributed by atoms with Crippen molar-refractivity contribution in [2.45, 2.75) is 11.8 Å². The number of carbonyl (C=O) groups excluding carboxylic acids is 1. The number of halogens is 4. The molecule has 0 saturated carbocycles. The summed E-state index contributed by atoms with van der Waals surface area (Å²) in [5, 5.41) is 9.14. The molecule has 0 aliphatic rings. The fourth-order valence-corrected chi connectivity index (χ4v) is 4.98. The summed E-state index contributed by atoms with van der Waals surface area (Å²) in [5.74, 6) is -0.794. The number of amides is 1. The minimum absolute atomic E-state index is 0.0567. The molecule has 1 aromatic heterocycles.